The Hall–Kier alpha value is -1.75. The highest BCUT2D eigenvalue weighted by Crippen LogP contribution is 2.16. The first kappa shape index (κ1) is 9.34. The Bertz CT molecular complexity index is 284. The molecule has 0 bridgehead atoms. The number of carbonyl (C=O) groups is 1. The quantitative estimate of drug-likeness (QED) is 0.400. The number of hydrogen-bond acceptors (Lipinski definition) is 4. The average molecular weight is 182 g/mol. The Morgan fingerprint density at radius 1 is 1.31 bits per heavy atom. The molecule has 0 aliphatic carbocycles. The molecule has 0 aliphatic heterocycles. The van der Waals surface area contributed by atoms with Crippen LogP contribution in [0.5, 0.6) is 11.5 Å². The molecule has 70 valence electrons. The van der Waals surface area contributed by atoms with Crippen molar-refractivity contribution in [1.29, 1.82) is 0 Å². The summed E-state index contributed by atoms with van der Waals surface area (Å²) in [7, 11) is 1.56. The lowest BCUT2D eigenvalue weighted by Gasteiger charge is -2.03. The molecule has 1 rings (SSSR count). The molecule has 0 fully saturated rings. The highest BCUT2D eigenvalue weighted by atomic mass is 16.6. The van der Waals surface area contributed by atoms with Crippen LogP contribution in [0.15, 0.2) is 24.3 Å². The van der Waals surface area contributed by atoms with Crippen molar-refractivity contribution < 1.29 is 14.3 Å². The van der Waals surface area contributed by atoms with Gasteiger partial charge in [0.2, 0.25) is 0 Å². The van der Waals surface area contributed by atoms with Crippen molar-refractivity contribution in [2.75, 3.05) is 7.11 Å². The van der Waals surface area contributed by atoms with Crippen molar-refractivity contribution >= 4 is 6.09 Å². The standard InChI is InChI=1S/C8H10N2O3/c1-12-6-2-4-7(5-3-6)13-8(11)10-9/h2-5H,9H2,1H3,(H,10,11). The molecule has 1 aromatic rings. The lowest BCUT2D eigenvalue weighted by molar-refractivity contribution is 0.200. The SMILES string of the molecule is COc1ccc(OC(=O)NN)cc1. The predicted molar refractivity (Wildman–Crippen MR) is 46.3 cm³/mol. The van der Waals surface area contributed by atoms with Crippen molar-refractivity contribution in [3.63, 3.8) is 0 Å². The van der Waals surface area contributed by atoms with Crippen LogP contribution < -0.4 is 20.7 Å². The summed E-state index contributed by atoms with van der Waals surface area (Å²) in [5, 5.41) is 0. The van der Waals surface area contributed by atoms with E-state index in [0.29, 0.717) is 11.5 Å². The fourth-order valence-corrected chi connectivity index (χ4v) is 0.780. The van der Waals surface area contributed by atoms with Gasteiger partial charge in [-0.25, -0.2) is 10.6 Å². The third-order valence-electron chi connectivity index (χ3n) is 1.39. The van der Waals surface area contributed by atoms with Crippen molar-refractivity contribution in [3.05, 3.63) is 24.3 Å². The number of hydrogen-bond donors (Lipinski definition) is 2. The second-order valence-corrected chi connectivity index (χ2v) is 2.21. The summed E-state index contributed by atoms with van der Waals surface area (Å²) in [6.07, 6.45) is -0.704. The minimum Gasteiger partial charge on any atom is -0.497 e. The third kappa shape index (κ3) is 2.64. The number of carbonyl (C=O) groups excluding carboxylic acids is 1. The Morgan fingerprint density at radius 2 is 1.85 bits per heavy atom. The number of nitrogens with one attached hydrogen (secondary N) is 1. The Kier molecular flexibility index (Phi) is 3.10. The topological polar surface area (TPSA) is 73.6 Å². The van der Waals surface area contributed by atoms with Crippen molar-refractivity contribution in [3.8, 4) is 11.5 Å². The molecule has 0 atom stereocenters. The Morgan fingerprint density at radius 3 is 2.31 bits per heavy atom. The molecule has 0 spiro atoms. The van der Waals surface area contributed by atoms with Gasteiger partial charge in [-0.3, -0.25) is 5.43 Å². The van der Waals surface area contributed by atoms with Gasteiger partial charge in [0.25, 0.3) is 0 Å². The zero-order valence-electron chi connectivity index (χ0n) is 7.11. The molecule has 0 aromatic heterocycles. The van der Waals surface area contributed by atoms with E-state index in [1.807, 2.05) is 5.43 Å². The molecule has 0 saturated carbocycles. The number of benzene rings is 1. The largest absolute Gasteiger partial charge is 0.497 e. The normalized spacial score (nSPS) is 9.08. The smallest absolute Gasteiger partial charge is 0.426 e. The minimum absolute atomic E-state index is 0.406. The Labute approximate surface area is 75.4 Å². The van der Waals surface area contributed by atoms with E-state index in [4.69, 9.17) is 15.3 Å². The highest BCUT2D eigenvalue weighted by Gasteiger charge is 2.00. The van der Waals surface area contributed by atoms with E-state index in [9.17, 15) is 4.79 Å². The van der Waals surface area contributed by atoms with Gasteiger partial charge >= 0.3 is 6.09 Å². The van der Waals surface area contributed by atoms with Crippen LogP contribution in [0.4, 0.5) is 4.79 Å². The molecule has 5 nitrogen and oxygen atoms in total. The van der Waals surface area contributed by atoms with Gasteiger partial charge in [0.15, 0.2) is 0 Å². The Balaban J connectivity index is 2.64. The molecule has 5 heteroatoms. The van der Waals surface area contributed by atoms with Gasteiger partial charge in [-0.1, -0.05) is 0 Å². The summed E-state index contributed by atoms with van der Waals surface area (Å²) in [5.74, 6) is 5.93. The number of rotatable bonds is 2. The van der Waals surface area contributed by atoms with Gasteiger partial charge in [0, 0.05) is 0 Å². The van der Waals surface area contributed by atoms with Crippen molar-refractivity contribution in [2.45, 2.75) is 0 Å². The zero-order chi connectivity index (χ0) is 9.68. The molecule has 3 N–H and O–H groups in total. The molecule has 0 radical (unpaired) electrons. The average Bonchev–Trinajstić information content (AvgIpc) is 2.19. The van der Waals surface area contributed by atoms with Crippen LogP contribution in [0.25, 0.3) is 0 Å². The molecule has 0 heterocycles. The van der Waals surface area contributed by atoms with Gasteiger partial charge in [0.05, 0.1) is 7.11 Å². The molecule has 1 amide bonds. The minimum atomic E-state index is -0.704. The van der Waals surface area contributed by atoms with Gasteiger partial charge in [0.1, 0.15) is 11.5 Å². The monoisotopic (exact) mass is 182 g/mol. The predicted octanol–water partition coefficient (Wildman–Crippen LogP) is 0.657. The lowest BCUT2D eigenvalue weighted by Crippen LogP contribution is -2.32. The maximum Gasteiger partial charge on any atom is 0.426 e. The van der Waals surface area contributed by atoms with Crippen LogP contribution >= 0.6 is 0 Å². The van der Waals surface area contributed by atoms with E-state index in [2.05, 4.69) is 0 Å². The van der Waals surface area contributed by atoms with Gasteiger partial charge < -0.3 is 9.47 Å². The van der Waals surface area contributed by atoms with Gasteiger partial charge in [-0.05, 0) is 24.3 Å². The van der Waals surface area contributed by atoms with E-state index >= 15 is 0 Å². The molecule has 0 saturated heterocycles. The number of amides is 1. The van der Waals surface area contributed by atoms with E-state index in [1.165, 1.54) is 0 Å². The summed E-state index contributed by atoms with van der Waals surface area (Å²) in [5.41, 5.74) is 1.85. The van der Waals surface area contributed by atoms with Crippen LogP contribution in [0.1, 0.15) is 0 Å². The van der Waals surface area contributed by atoms with E-state index in [-0.39, 0.29) is 0 Å². The molecular weight excluding hydrogens is 172 g/mol. The van der Waals surface area contributed by atoms with Crippen molar-refractivity contribution in [2.24, 2.45) is 5.84 Å². The summed E-state index contributed by atoms with van der Waals surface area (Å²) in [4.78, 5) is 10.6. The highest BCUT2D eigenvalue weighted by molar-refractivity contribution is 5.69. The number of hydrazine groups is 1. The summed E-state index contributed by atoms with van der Waals surface area (Å²) in [6.45, 7) is 0. The first-order chi connectivity index (χ1) is 6.26. The summed E-state index contributed by atoms with van der Waals surface area (Å²) >= 11 is 0. The van der Waals surface area contributed by atoms with E-state index < -0.39 is 6.09 Å². The molecular formula is C8H10N2O3. The number of nitrogens with two attached hydrogens (primary N) is 1. The van der Waals surface area contributed by atoms with Crippen LogP contribution in [0, 0.1) is 0 Å². The third-order valence-corrected chi connectivity index (χ3v) is 1.39. The van der Waals surface area contributed by atoms with Crippen LogP contribution in [0.3, 0.4) is 0 Å². The molecule has 0 unspecified atom stereocenters. The van der Waals surface area contributed by atoms with Crippen molar-refractivity contribution in [1.82, 2.24) is 5.43 Å². The fraction of sp³-hybridized carbons (Fsp3) is 0.125. The maximum atomic E-state index is 10.6. The van der Waals surface area contributed by atoms with E-state index in [1.54, 1.807) is 31.4 Å². The van der Waals surface area contributed by atoms with Crippen LogP contribution in [0.2, 0.25) is 0 Å². The summed E-state index contributed by atoms with van der Waals surface area (Å²) in [6, 6.07) is 6.57. The number of ether oxygens (including phenoxy) is 2. The van der Waals surface area contributed by atoms with Gasteiger partial charge in [-0.15, -0.1) is 0 Å². The number of methoxy groups -OCH3 is 1. The van der Waals surface area contributed by atoms with Crippen LogP contribution in [-0.2, 0) is 0 Å². The van der Waals surface area contributed by atoms with Crippen LogP contribution in [-0.4, -0.2) is 13.2 Å². The lowest BCUT2D eigenvalue weighted by atomic mass is 10.3. The molecule has 1 aromatic carbocycles. The zero-order valence-corrected chi connectivity index (χ0v) is 7.11. The van der Waals surface area contributed by atoms with Gasteiger partial charge in [-0.2, -0.15) is 0 Å². The second-order valence-electron chi connectivity index (χ2n) is 2.21. The molecule has 13 heavy (non-hydrogen) atoms. The first-order valence-corrected chi connectivity index (χ1v) is 3.58. The fourth-order valence-electron chi connectivity index (χ4n) is 0.780. The maximum absolute atomic E-state index is 10.6. The summed E-state index contributed by atoms with van der Waals surface area (Å²) < 4.78 is 9.65. The first-order valence-electron chi connectivity index (χ1n) is 3.58. The molecule has 0 aliphatic rings. The second kappa shape index (κ2) is 4.32. The van der Waals surface area contributed by atoms with E-state index in [0.717, 1.165) is 0 Å².